The molecule has 0 spiro atoms. The van der Waals surface area contributed by atoms with Crippen molar-refractivity contribution in [1.29, 1.82) is 0 Å². The predicted octanol–water partition coefficient (Wildman–Crippen LogP) is 3.98. The van der Waals surface area contributed by atoms with E-state index in [1.54, 1.807) is 30.1 Å². The molecule has 8 heteroatoms. The normalized spacial score (nSPS) is 12.0. The van der Waals surface area contributed by atoms with Crippen LogP contribution in [0.2, 0.25) is 0 Å². The van der Waals surface area contributed by atoms with Crippen LogP contribution < -0.4 is 0 Å². The maximum absolute atomic E-state index is 13.0. The van der Waals surface area contributed by atoms with Crippen LogP contribution in [0.3, 0.4) is 0 Å². The Labute approximate surface area is 135 Å². The fourth-order valence-electron chi connectivity index (χ4n) is 2.34. The van der Waals surface area contributed by atoms with Crippen molar-refractivity contribution < 1.29 is 22.1 Å². The molecule has 0 aliphatic rings. The minimum absolute atomic E-state index is 0.105. The molecule has 0 N–H and O–H groups in total. The van der Waals surface area contributed by atoms with Crippen LogP contribution in [0.15, 0.2) is 51.6 Å². The van der Waals surface area contributed by atoms with E-state index in [9.17, 15) is 13.2 Å². The Bertz CT molecular complexity index is 797. The lowest BCUT2D eigenvalue weighted by Gasteiger charge is -2.18. The molecule has 0 fully saturated rings. The number of furan rings is 1. The highest BCUT2D eigenvalue weighted by Crippen LogP contribution is 2.32. The summed E-state index contributed by atoms with van der Waals surface area (Å²) >= 11 is 0. The summed E-state index contributed by atoms with van der Waals surface area (Å²) in [7, 11) is 1.68. The highest BCUT2D eigenvalue weighted by molar-refractivity contribution is 5.44. The molecule has 2 heterocycles. The first-order chi connectivity index (χ1) is 11.4. The summed E-state index contributed by atoms with van der Waals surface area (Å²) in [6.07, 6.45) is -2.89. The number of hydrogen-bond donors (Lipinski definition) is 0. The van der Waals surface area contributed by atoms with Gasteiger partial charge >= 0.3 is 6.18 Å². The Morgan fingerprint density at radius 2 is 1.88 bits per heavy atom. The molecular weight excluding hydrogens is 323 g/mol. The lowest BCUT2D eigenvalue weighted by molar-refractivity contribution is -0.138. The van der Waals surface area contributed by atoms with Gasteiger partial charge in [-0.05, 0) is 30.8 Å². The van der Waals surface area contributed by atoms with Crippen LogP contribution in [0, 0.1) is 0 Å². The summed E-state index contributed by atoms with van der Waals surface area (Å²) in [5.74, 6) is 1.07. The van der Waals surface area contributed by atoms with E-state index >= 15 is 0 Å². The van der Waals surface area contributed by atoms with Crippen molar-refractivity contribution >= 4 is 0 Å². The van der Waals surface area contributed by atoms with E-state index in [1.807, 2.05) is 0 Å². The van der Waals surface area contributed by atoms with Crippen molar-refractivity contribution in [1.82, 2.24) is 15.0 Å². The van der Waals surface area contributed by atoms with Gasteiger partial charge in [0.15, 0.2) is 5.76 Å². The molecule has 0 amide bonds. The largest absolute Gasteiger partial charge is 0.461 e. The van der Waals surface area contributed by atoms with E-state index in [0.717, 1.165) is 6.07 Å². The van der Waals surface area contributed by atoms with Gasteiger partial charge in [0.25, 0.3) is 0 Å². The highest BCUT2D eigenvalue weighted by Gasteiger charge is 2.33. The number of nitrogens with zero attached hydrogens (tertiary/aromatic N) is 3. The highest BCUT2D eigenvalue weighted by atomic mass is 19.4. The first-order valence-corrected chi connectivity index (χ1v) is 7.13. The van der Waals surface area contributed by atoms with Crippen LogP contribution in [-0.2, 0) is 19.3 Å². The molecule has 24 heavy (non-hydrogen) atoms. The standard InChI is InChI=1S/C16H14F3N3O2/c1-22(9-11-5-2-3-6-12(11)16(17,18)19)10-14-20-15(21-24-14)13-7-4-8-23-13/h2-8H,9-10H2,1H3. The molecule has 0 bridgehead atoms. The number of aromatic nitrogens is 2. The maximum atomic E-state index is 13.0. The molecule has 3 aromatic rings. The molecule has 0 unspecified atom stereocenters. The zero-order valence-corrected chi connectivity index (χ0v) is 12.7. The Balaban J connectivity index is 1.70. The topological polar surface area (TPSA) is 55.3 Å². The van der Waals surface area contributed by atoms with Crippen molar-refractivity contribution in [2.75, 3.05) is 7.05 Å². The van der Waals surface area contributed by atoms with Gasteiger partial charge in [-0.3, -0.25) is 4.90 Å². The van der Waals surface area contributed by atoms with Gasteiger partial charge in [0.05, 0.1) is 18.4 Å². The van der Waals surface area contributed by atoms with Crippen molar-refractivity contribution in [3.63, 3.8) is 0 Å². The summed E-state index contributed by atoms with van der Waals surface area (Å²) in [5.41, 5.74) is -0.447. The molecule has 5 nitrogen and oxygen atoms in total. The van der Waals surface area contributed by atoms with Crippen LogP contribution in [0.5, 0.6) is 0 Å². The van der Waals surface area contributed by atoms with Gasteiger partial charge in [0.2, 0.25) is 11.7 Å². The molecule has 0 radical (unpaired) electrons. The SMILES string of the molecule is CN(Cc1nc(-c2ccco2)no1)Cc1ccccc1C(F)(F)F. The van der Waals surface area contributed by atoms with Crippen LogP contribution >= 0.6 is 0 Å². The molecular formula is C16H14F3N3O2. The zero-order chi connectivity index (χ0) is 17.2. The second-order valence-corrected chi connectivity index (χ2v) is 5.32. The Morgan fingerprint density at radius 1 is 1.08 bits per heavy atom. The monoisotopic (exact) mass is 337 g/mol. The average Bonchev–Trinajstić information content (AvgIpc) is 3.17. The summed E-state index contributed by atoms with van der Waals surface area (Å²) in [6, 6.07) is 8.88. The van der Waals surface area contributed by atoms with Gasteiger partial charge in [0.1, 0.15) is 0 Å². The summed E-state index contributed by atoms with van der Waals surface area (Å²) < 4.78 is 49.3. The number of hydrogen-bond acceptors (Lipinski definition) is 5. The quantitative estimate of drug-likeness (QED) is 0.705. The van der Waals surface area contributed by atoms with E-state index in [0.29, 0.717) is 17.5 Å². The molecule has 1 aromatic carbocycles. The molecule has 0 saturated carbocycles. The molecule has 0 aliphatic carbocycles. The van der Waals surface area contributed by atoms with Gasteiger partial charge in [-0.25, -0.2) is 0 Å². The third kappa shape index (κ3) is 3.65. The van der Waals surface area contributed by atoms with Gasteiger partial charge in [0, 0.05) is 6.54 Å². The molecule has 0 saturated heterocycles. The maximum Gasteiger partial charge on any atom is 0.416 e. The Hall–Kier alpha value is -2.61. The average molecular weight is 337 g/mol. The predicted molar refractivity (Wildman–Crippen MR) is 78.6 cm³/mol. The van der Waals surface area contributed by atoms with Gasteiger partial charge in [-0.15, -0.1) is 0 Å². The van der Waals surface area contributed by atoms with E-state index < -0.39 is 11.7 Å². The van der Waals surface area contributed by atoms with Crippen molar-refractivity contribution in [3.8, 4) is 11.6 Å². The second-order valence-electron chi connectivity index (χ2n) is 5.32. The van der Waals surface area contributed by atoms with Crippen molar-refractivity contribution in [2.45, 2.75) is 19.3 Å². The van der Waals surface area contributed by atoms with Crippen molar-refractivity contribution in [3.05, 3.63) is 59.7 Å². The summed E-state index contributed by atoms with van der Waals surface area (Å²) in [4.78, 5) is 5.84. The first kappa shape index (κ1) is 16.3. The van der Waals surface area contributed by atoms with Gasteiger partial charge in [-0.2, -0.15) is 18.2 Å². The third-order valence-electron chi connectivity index (χ3n) is 3.38. The lowest BCUT2D eigenvalue weighted by Crippen LogP contribution is -2.20. The minimum atomic E-state index is -4.38. The van der Waals surface area contributed by atoms with Crippen LogP contribution in [0.25, 0.3) is 11.6 Å². The fraction of sp³-hybridized carbons (Fsp3) is 0.250. The second kappa shape index (κ2) is 6.48. The molecule has 2 aromatic heterocycles. The van der Waals surface area contributed by atoms with Crippen LogP contribution in [-0.4, -0.2) is 22.1 Å². The van der Waals surface area contributed by atoms with E-state index in [-0.39, 0.29) is 18.7 Å². The van der Waals surface area contributed by atoms with Gasteiger partial charge < -0.3 is 8.94 Å². The third-order valence-corrected chi connectivity index (χ3v) is 3.38. The number of halogens is 3. The van der Waals surface area contributed by atoms with Crippen LogP contribution in [0.4, 0.5) is 13.2 Å². The van der Waals surface area contributed by atoms with Crippen LogP contribution in [0.1, 0.15) is 17.0 Å². The number of alkyl halides is 3. The van der Waals surface area contributed by atoms with E-state index in [4.69, 9.17) is 8.94 Å². The van der Waals surface area contributed by atoms with Gasteiger partial charge in [-0.1, -0.05) is 23.4 Å². The molecule has 0 atom stereocenters. The number of benzene rings is 1. The van der Waals surface area contributed by atoms with E-state index in [2.05, 4.69) is 10.1 Å². The smallest absolute Gasteiger partial charge is 0.416 e. The molecule has 126 valence electrons. The number of rotatable bonds is 5. The minimum Gasteiger partial charge on any atom is -0.461 e. The summed E-state index contributed by atoms with van der Waals surface area (Å²) in [6.45, 7) is 0.327. The zero-order valence-electron chi connectivity index (χ0n) is 12.7. The van der Waals surface area contributed by atoms with E-state index in [1.165, 1.54) is 18.4 Å². The fourth-order valence-corrected chi connectivity index (χ4v) is 2.34. The Kier molecular flexibility index (Phi) is 4.39. The first-order valence-electron chi connectivity index (χ1n) is 7.13. The summed E-state index contributed by atoms with van der Waals surface area (Å²) in [5, 5.41) is 3.79. The van der Waals surface area contributed by atoms with Crippen molar-refractivity contribution in [2.24, 2.45) is 0 Å². The Morgan fingerprint density at radius 3 is 2.58 bits per heavy atom. The molecule has 3 rings (SSSR count). The lowest BCUT2D eigenvalue weighted by atomic mass is 10.1. The molecule has 0 aliphatic heterocycles.